The lowest BCUT2D eigenvalue weighted by Crippen LogP contribution is -2.45. The third-order valence-electron chi connectivity index (χ3n) is 3.31. The van der Waals surface area contributed by atoms with Gasteiger partial charge in [0.05, 0.1) is 0 Å². The number of hydrogen-bond donors (Lipinski definition) is 3. The van der Waals surface area contributed by atoms with Crippen molar-refractivity contribution in [1.29, 1.82) is 0 Å². The summed E-state index contributed by atoms with van der Waals surface area (Å²) in [6.07, 6.45) is 1.96. The maximum atomic E-state index is 13.5. The van der Waals surface area contributed by atoms with E-state index < -0.39 is 17.8 Å². The molecule has 0 radical (unpaired) electrons. The molecule has 1 aromatic carbocycles. The molecule has 1 aromatic rings. The molecule has 1 saturated carbocycles. The number of nitrogens with one attached hydrogen (secondary N) is 2. The zero-order chi connectivity index (χ0) is 14.9. The van der Waals surface area contributed by atoms with Crippen molar-refractivity contribution in [2.75, 3.05) is 5.73 Å². The second-order valence-electron chi connectivity index (χ2n) is 5.15. The van der Waals surface area contributed by atoms with E-state index in [0.717, 1.165) is 18.9 Å². The molecule has 1 aliphatic rings. The Morgan fingerprint density at radius 2 is 2.05 bits per heavy atom. The van der Waals surface area contributed by atoms with Crippen LogP contribution >= 0.6 is 0 Å². The summed E-state index contributed by atoms with van der Waals surface area (Å²) >= 11 is 0. The first kappa shape index (κ1) is 14.3. The van der Waals surface area contributed by atoms with Gasteiger partial charge >= 0.3 is 0 Å². The number of amides is 2. The molecule has 0 saturated heterocycles. The number of nitrogen functional groups attached to an aromatic ring is 1. The fourth-order valence-corrected chi connectivity index (χ4v) is 1.73. The highest BCUT2D eigenvalue weighted by molar-refractivity contribution is 5.98. The van der Waals surface area contributed by atoms with Crippen LogP contribution in [0.4, 0.5) is 10.1 Å². The Balaban J connectivity index is 2.01. The zero-order valence-corrected chi connectivity index (χ0v) is 11.5. The van der Waals surface area contributed by atoms with Crippen molar-refractivity contribution in [1.82, 2.24) is 10.6 Å². The summed E-state index contributed by atoms with van der Waals surface area (Å²) in [4.78, 5) is 23.7. The molecule has 1 fully saturated rings. The number of carbonyl (C=O) groups excluding carboxylic acids is 2. The van der Waals surface area contributed by atoms with Gasteiger partial charge in [-0.1, -0.05) is 0 Å². The maximum absolute atomic E-state index is 13.5. The Labute approximate surface area is 116 Å². The van der Waals surface area contributed by atoms with E-state index in [9.17, 15) is 14.0 Å². The Morgan fingerprint density at radius 3 is 2.60 bits per heavy atom. The summed E-state index contributed by atoms with van der Waals surface area (Å²) < 4.78 is 13.5. The second kappa shape index (κ2) is 5.48. The van der Waals surface area contributed by atoms with Crippen LogP contribution in [-0.4, -0.2) is 23.9 Å². The highest BCUT2D eigenvalue weighted by Crippen LogP contribution is 2.19. The minimum absolute atomic E-state index is 0.108. The number of rotatable bonds is 4. The van der Waals surface area contributed by atoms with Crippen LogP contribution in [0.1, 0.15) is 35.7 Å². The van der Waals surface area contributed by atoms with Gasteiger partial charge in [-0.25, -0.2) is 4.39 Å². The average Bonchev–Trinajstić information content (AvgIpc) is 3.18. The Hall–Kier alpha value is -2.11. The molecule has 0 heterocycles. The first-order valence-corrected chi connectivity index (χ1v) is 6.55. The first-order chi connectivity index (χ1) is 9.38. The van der Waals surface area contributed by atoms with Gasteiger partial charge in [-0.05, 0) is 38.8 Å². The summed E-state index contributed by atoms with van der Waals surface area (Å²) in [6.45, 7) is 3.13. The lowest BCUT2D eigenvalue weighted by atomic mass is 10.1. The van der Waals surface area contributed by atoms with E-state index in [0.29, 0.717) is 5.56 Å². The van der Waals surface area contributed by atoms with E-state index in [2.05, 4.69) is 10.6 Å². The normalized spacial score (nSPS) is 15.6. The average molecular weight is 279 g/mol. The molecule has 5 nitrogen and oxygen atoms in total. The molecule has 4 N–H and O–H groups in total. The number of nitrogens with two attached hydrogens (primary N) is 1. The number of carbonyl (C=O) groups is 2. The summed E-state index contributed by atoms with van der Waals surface area (Å²) in [7, 11) is 0. The van der Waals surface area contributed by atoms with Gasteiger partial charge in [-0.15, -0.1) is 0 Å². The van der Waals surface area contributed by atoms with Crippen molar-refractivity contribution < 1.29 is 14.0 Å². The molecule has 108 valence electrons. The van der Waals surface area contributed by atoms with E-state index in [4.69, 9.17) is 5.73 Å². The minimum atomic E-state index is -0.673. The molecule has 0 aliphatic heterocycles. The molecular formula is C14H18FN3O2. The summed E-state index contributed by atoms with van der Waals surface area (Å²) in [5.74, 6) is -1.29. The third kappa shape index (κ3) is 3.26. The van der Waals surface area contributed by atoms with Gasteiger partial charge in [0.1, 0.15) is 11.9 Å². The lowest BCUT2D eigenvalue weighted by Gasteiger charge is -2.14. The lowest BCUT2D eigenvalue weighted by molar-refractivity contribution is -0.122. The Morgan fingerprint density at radius 1 is 1.40 bits per heavy atom. The predicted molar refractivity (Wildman–Crippen MR) is 73.6 cm³/mol. The largest absolute Gasteiger partial charge is 0.398 e. The molecule has 1 aliphatic carbocycles. The van der Waals surface area contributed by atoms with Gasteiger partial charge in [-0.3, -0.25) is 9.59 Å². The fraction of sp³-hybridized carbons (Fsp3) is 0.429. The van der Waals surface area contributed by atoms with Gasteiger partial charge in [0.2, 0.25) is 5.91 Å². The molecule has 0 aromatic heterocycles. The standard InChI is InChI=1S/C14H18FN3O2/c1-7-11(15)5-9(6-12(7)16)14(20)17-8(2)13(19)18-10-3-4-10/h5-6,8,10H,3-4,16H2,1-2H3,(H,17,20)(H,18,19). The van der Waals surface area contributed by atoms with Crippen LogP contribution in [0, 0.1) is 12.7 Å². The number of hydrogen-bond acceptors (Lipinski definition) is 3. The van der Waals surface area contributed by atoms with E-state index in [1.54, 1.807) is 6.92 Å². The molecule has 1 unspecified atom stereocenters. The van der Waals surface area contributed by atoms with Crippen LogP contribution in [0.3, 0.4) is 0 Å². The minimum Gasteiger partial charge on any atom is -0.398 e. The molecular weight excluding hydrogens is 261 g/mol. The Kier molecular flexibility index (Phi) is 3.92. The molecule has 0 bridgehead atoms. The van der Waals surface area contributed by atoms with Crippen molar-refractivity contribution in [2.24, 2.45) is 0 Å². The highest BCUT2D eigenvalue weighted by atomic mass is 19.1. The predicted octanol–water partition coefficient (Wildman–Crippen LogP) is 1.11. The van der Waals surface area contributed by atoms with Crippen molar-refractivity contribution in [2.45, 2.75) is 38.8 Å². The monoisotopic (exact) mass is 279 g/mol. The summed E-state index contributed by atoms with van der Waals surface area (Å²) in [5.41, 5.74) is 6.25. The van der Waals surface area contributed by atoms with Crippen molar-refractivity contribution in [3.05, 3.63) is 29.1 Å². The van der Waals surface area contributed by atoms with Gasteiger partial charge in [0.15, 0.2) is 0 Å². The van der Waals surface area contributed by atoms with Gasteiger partial charge < -0.3 is 16.4 Å². The van der Waals surface area contributed by atoms with Crippen LogP contribution in [0.15, 0.2) is 12.1 Å². The fourth-order valence-electron chi connectivity index (χ4n) is 1.73. The molecule has 2 amide bonds. The number of anilines is 1. The topological polar surface area (TPSA) is 84.2 Å². The second-order valence-corrected chi connectivity index (χ2v) is 5.15. The summed E-state index contributed by atoms with van der Waals surface area (Å²) in [6, 6.07) is 2.08. The van der Waals surface area contributed by atoms with Gasteiger partial charge in [0, 0.05) is 22.9 Å². The van der Waals surface area contributed by atoms with Crippen molar-refractivity contribution >= 4 is 17.5 Å². The molecule has 1 atom stereocenters. The van der Waals surface area contributed by atoms with Gasteiger partial charge in [0.25, 0.3) is 5.91 Å². The smallest absolute Gasteiger partial charge is 0.252 e. The molecule has 20 heavy (non-hydrogen) atoms. The highest BCUT2D eigenvalue weighted by Gasteiger charge is 2.26. The SMILES string of the molecule is Cc1c(N)cc(C(=O)NC(C)C(=O)NC2CC2)cc1F. The first-order valence-electron chi connectivity index (χ1n) is 6.55. The quantitative estimate of drug-likeness (QED) is 0.722. The van der Waals surface area contributed by atoms with Crippen LogP contribution < -0.4 is 16.4 Å². The van der Waals surface area contributed by atoms with E-state index in [1.165, 1.54) is 13.0 Å². The Bertz CT molecular complexity index is 532. The number of halogens is 1. The van der Waals surface area contributed by atoms with Crippen LogP contribution in [0.5, 0.6) is 0 Å². The molecule has 0 spiro atoms. The van der Waals surface area contributed by atoms with Crippen molar-refractivity contribution in [3.8, 4) is 0 Å². The van der Waals surface area contributed by atoms with Crippen LogP contribution in [0.2, 0.25) is 0 Å². The van der Waals surface area contributed by atoms with E-state index >= 15 is 0 Å². The van der Waals surface area contributed by atoms with E-state index in [-0.39, 0.29) is 23.2 Å². The van der Waals surface area contributed by atoms with E-state index in [1.807, 2.05) is 0 Å². The van der Waals surface area contributed by atoms with Crippen LogP contribution in [-0.2, 0) is 4.79 Å². The molecule has 2 rings (SSSR count). The summed E-state index contributed by atoms with van der Waals surface area (Å²) in [5, 5.41) is 5.32. The number of benzene rings is 1. The van der Waals surface area contributed by atoms with Gasteiger partial charge in [-0.2, -0.15) is 0 Å². The zero-order valence-electron chi connectivity index (χ0n) is 11.5. The van der Waals surface area contributed by atoms with Crippen molar-refractivity contribution in [3.63, 3.8) is 0 Å². The van der Waals surface area contributed by atoms with Crippen LogP contribution in [0.25, 0.3) is 0 Å². The molecule has 6 heteroatoms. The maximum Gasteiger partial charge on any atom is 0.252 e. The third-order valence-corrected chi connectivity index (χ3v) is 3.31.